The van der Waals surface area contributed by atoms with Crippen molar-refractivity contribution in [1.82, 2.24) is 19.7 Å². The second-order valence-electron chi connectivity index (χ2n) is 8.03. The molecule has 0 radical (unpaired) electrons. The highest BCUT2D eigenvalue weighted by Crippen LogP contribution is 2.18. The number of nitrogens with zero attached hydrogens (tertiary/aromatic N) is 3. The lowest BCUT2D eigenvalue weighted by molar-refractivity contribution is 0.669. The van der Waals surface area contributed by atoms with Crippen LogP contribution in [0.4, 0.5) is 0 Å². The molecule has 0 atom stereocenters. The molecule has 5 heteroatoms. The smallest absolute Gasteiger partial charge is 0.255 e. The topological polar surface area (TPSA) is 51.9 Å². The summed E-state index contributed by atoms with van der Waals surface area (Å²) >= 11 is 0. The zero-order valence-electron chi connectivity index (χ0n) is 18.1. The Kier molecular flexibility index (Phi) is 5.55. The van der Waals surface area contributed by atoms with Crippen molar-refractivity contribution >= 4 is 10.9 Å². The molecule has 2 aromatic carbocycles. The van der Waals surface area contributed by atoms with E-state index in [-0.39, 0.29) is 5.56 Å². The summed E-state index contributed by atoms with van der Waals surface area (Å²) in [5.74, 6) is 0. The minimum Gasteiger partial charge on any atom is -0.308 e. The van der Waals surface area contributed by atoms with Crippen molar-refractivity contribution < 1.29 is 0 Å². The van der Waals surface area contributed by atoms with Gasteiger partial charge in [0.25, 0.3) is 5.56 Å². The Bertz CT molecular complexity index is 1270. The summed E-state index contributed by atoms with van der Waals surface area (Å²) < 4.78 is 3.77. The van der Waals surface area contributed by atoms with Crippen molar-refractivity contribution in [3.05, 3.63) is 98.6 Å². The molecular weight excluding hydrogens is 372 g/mol. The summed E-state index contributed by atoms with van der Waals surface area (Å²) in [6.07, 6.45) is 1.88. The lowest BCUT2D eigenvalue weighted by Crippen LogP contribution is -2.28. The standard InChI is InChI=1S/C25H28N4O/c1-17-9-10-24-21(11-17)12-22(13-26-14-23-15-27-28(4)19(23)3)25(30)29(24)16-20-8-6-5-7-18(20)2/h5-12,15,26H,13-14,16H2,1-4H3. The number of rotatable bonds is 6. The fourth-order valence-corrected chi connectivity index (χ4v) is 3.86. The summed E-state index contributed by atoms with van der Waals surface area (Å²) in [6.45, 7) is 8.00. The van der Waals surface area contributed by atoms with E-state index in [2.05, 4.69) is 61.5 Å². The van der Waals surface area contributed by atoms with Gasteiger partial charge in [-0.15, -0.1) is 0 Å². The summed E-state index contributed by atoms with van der Waals surface area (Å²) in [4.78, 5) is 13.4. The molecule has 1 N–H and O–H groups in total. The van der Waals surface area contributed by atoms with Gasteiger partial charge in [-0.1, -0.05) is 35.9 Å². The van der Waals surface area contributed by atoms with Crippen LogP contribution in [0, 0.1) is 20.8 Å². The number of pyridine rings is 1. The Balaban J connectivity index is 1.69. The van der Waals surface area contributed by atoms with Crippen molar-refractivity contribution in [2.75, 3.05) is 0 Å². The Morgan fingerprint density at radius 1 is 0.933 bits per heavy atom. The van der Waals surface area contributed by atoms with E-state index in [1.54, 1.807) is 0 Å². The molecule has 30 heavy (non-hydrogen) atoms. The summed E-state index contributed by atoms with van der Waals surface area (Å²) in [5, 5.41) is 8.81. The maximum Gasteiger partial charge on any atom is 0.255 e. The van der Waals surface area contributed by atoms with Crippen molar-refractivity contribution in [2.45, 2.75) is 40.4 Å². The van der Waals surface area contributed by atoms with E-state index in [1.807, 2.05) is 40.7 Å². The van der Waals surface area contributed by atoms with Crippen LogP contribution in [-0.4, -0.2) is 14.3 Å². The van der Waals surface area contributed by atoms with Gasteiger partial charge in [0.15, 0.2) is 0 Å². The lowest BCUT2D eigenvalue weighted by Gasteiger charge is -2.15. The number of aromatic nitrogens is 3. The van der Waals surface area contributed by atoms with Crippen LogP contribution in [-0.2, 0) is 26.7 Å². The van der Waals surface area contributed by atoms with Gasteiger partial charge in [0.1, 0.15) is 0 Å². The van der Waals surface area contributed by atoms with Crippen molar-refractivity contribution in [3.63, 3.8) is 0 Å². The molecule has 2 aromatic heterocycles. The highest BCUT2D eigenvalue weighted by Gasteiger charge is 2.12. The van der Waals surface area contributed by atoms with Crippen molar-refractivity contribution in [2.24, 2.45) is 7.05 Å². The number of hydrogen-bond donors (Lipinski definition) is 1. The zero-order chi connectivity index (χ0) is 21.3. The first-order valence-corrected chi connectivity index (χ1v) is 10.3. The van der Waals surface area contributed by atoms with Crippen LogP contribution in [0.2, 0.25) is 0 Å². The molecule has 0 spiro atoms. The molecule has 0 saturated carbocycles. The van der Waals surface area contributed by atoms with E-state index in [1.165, 1.54) is 11.1 Å². The number of nitrogens with one attached hydrogen (secondary N) is 1. The third-order valence-corrected chi connectivity index (χ3v) is 5.88. The maximum atomic E-state index is 13.4. The summed E-state index contributed by atoms with van der Waals surface area (Å²) in [5.41, 5.74) is 7.64. The largest absolute Gasteiger partial charge is 0.308 e. The van der Waals surface area contributed by atoms with Crippen LogP contribution in [0.25, 0.3) is 10.9 Å². The Morgan fingerprint density at radius 2 is 1.70 bits per heavy atom. The van der Waals surface area contributed by atoms with Crippen LogP contribution in [0.5, 0.6) is 0 Å². The highest BCUT2D eigenvalue weighted by molar-refractivity contribution is 5.80. The molecule has 4 aromatic rings. The van der Waals surface area contributed by atoms with Gasteiger partial charge in [0, 0.05) is 37.0 Å². The van der Waals surface area contributed by atoms with Crippen LogP contribution >= 0.6 is 0 Å². The van der Waals surface area contributed by atoms with E-state index in [0.29, 0.717) is 19.6 Å². The molecule has 0 bridgehead atoms. The van der Waals surface area contributed by atoms with Crippen LogP contribution in [0.3, 0.4) is 0 Å². The molecule has 5 nitrogen and oxygen atoms in total. The average molecular weight is 401 g/mol. The molecule has 0 aliphatic carbocycles. The van der Waals surface area contributed by atoms with E-state index >= 15 is 0 Å². The molecule has 0 saturated heterocycles. The summed E-state index contributed by atoms with van der Waals surface area (Å²) in [6, 6.07) is 16.6. The maximum absolute atomic E-state index is 13.4. The van der Waals surface area contributed by atoms with Gasteiger partial charge in [-0.3, -0.25) is 9.48 Å². The molecule has 154 valence electrons. The SMILES string of the molecule is Cc1ccc2c(c1)cc(CNCc1cnn(C)c1C)c(=O)n2Cc1ccccc1C. The molecule has 0 amide bonds. The van der Waals surface area contributed by atoms with E-state index in [4.69, 9.17) is 0 Å². The van der Waals surface area contributed by atoms with E-state index in [0.717, 1.165) is 33.3 Å². The fourth-order valence-electron chi connectivity index (χ4n) is 3.86. The third-order valence-electron chi connectivity index (χ3n) is 5.88. The molecule has 0 unspecified atom stereocenters. The molecule has 0 fully saturated rings. The molecular formula is C25H28N4O. The Hall–Kier alpha value is -3.18. The number of fused-ring (bicyclic) bond motifs is 1. The second-order valence-corrected chi connectivity index (χ2v) is 8.03. The van der Waals surface area contributed by atoms with E-state index < -0.39 is 0 Å². The normalized spacial score (nSPS) is 11.3. The van der Waals surface area contributed by atoms with Gasteiger partial charge in [0.2, 0.25) is 0 Å². The lowest BCUT2D eigenvalue weighted by atomic mass is 10.1. The first-order chi connectivity index (χ1) is 14.4. The summed E-state index contributed by atoms with van der Waals surface area (Å²) in [7, 11) is 1.94. The molecule has 0 aliphatic heterocycles. The molecule has 2 heterocycles. The van der Waals surface area contributed by atoms with Crippen molar-refractivity contribution in [3.8, 4) is 0 Å². The molecule has 4 rings (SSSR count). The van der Waals surface area contributed by atoms with E-state index in [9.17, 15) is 4.79 Å². The van der Waals surface area contributed by atoms with Gasteiger partial charge in [-0.05, 0) is 55.5 Å². The number of aryl methyl sites for hydroxylation is 3. The molecule has 0 aliphatic rings. The minimum absolute atomic E-state index is 0.0602. The Labute approximate surface area is 177 Å². The predicted octanol–water partition coefficient (Wildman–Crippen LogP) is 4.00. The second kappa shape index (κ2) is 8.28. The highest BCUT2D eigenvalue weighted by atomic mass is 16.1. The van der Waals surface area contributed by atoms with Gasteiger partial charge < -0.3 is 9.88 Å². The number of hydrogen-bond acceptors (Lipinski definition) is 3. The number of benzene rings is 2. The third kappa shape index (κ3) is 3.94. The zero-order valence-corrected chi connectivity index (χ0v) is 18.1. The fraction of sp³-hybridized carbons (Fsp3) is 0.280. The first kappa shape index (κ1) is 20.1. The minimum atomic E-state index is 0.0602. The average Bonchev–Trinajstić information content (AvgIpc) is 3.04. The predicted molar refractivity (Wildman–Crippen MR) is 122 cm³/mol. The Morgan fingerprint density at radius 3 is 2.43 bits per heavy atom. The monoisotopic (exact) mass is 400 g/mol. The van der Waals surface area contributed by atoms with Gasteiger partial charge >= 0.3 is 0 Å². The van der Waals surface area contributed by atoms with Crippen LogP contribution in [0.1, 0.15) is 33.5 Å². The van der Waals surface area contributed by atoms with Crippen LogP contribution < -0.4 is 10.9 Å². The quantitative estimate of drug-likeness (QED) is 0.532. The van der Waals surface area contributed by atoms with Gasteiger partial charge in [-0.25, -0.2) is 0 Å². The first-order valence-electron chi connectivity index (χ1n) is 10.3. The van der Waals surface area contributed by atoms with Gasteiger partial charge in [0.05, 0.1) is 18.3 Å². The van der Waals surface area contributed by atoms with Gasteiger partial charge in [-0.2, -0.15) is 5.10 Å². The van der Waals surface area contributed by atoms with Crippen LogP contribution in [0.15, 0.2) is 59.5 Å². The van der Waals surface area contributed by atoms with Crippen molar-refractivity contribution in [1.29, 1.82) is 0 Å².